The monoisotopic (exact) mass is 350 g/mol. The van der Waals surface area contributed by atoms with Crippen molar-refractivity contribution in [3.05, 3.63) is 11.8 Å². The van der Waals surface area contributed by atoms with Gasteiger partial charge in [-0.05, 0) is 46.5 Å². The number of carbonyl (C=O) groups excluding carboxylic acids is 1. The van der Waals surface area contributed by atoms with Crippen LogP contribution in [0.15, 0.2) is 11.8 Å². The van der Waals surface area contributed by atoms with E-state index in [-0.39, 0.29) is 28.6 Å². The highest BCUT2D eigenvalue weighted by Crippen LogP contribution is 2.38. The molecule has 1 heterocycles. The number of amides is 1. The molecule has 1 saturated heterocycles. The van der Waals surface area contributed by atoms with Gasteiger partial charge in [-0.15, -0.1) is 0 Å². The summed E-state index contributed by atoms with van der Waals surface area (Å²) in [6.45, 7) is 11.5. The smallest absolute Gasteiger partial charge is 0.326 e. The molecule has 0 aromatic carbocycles. The van der Waals surface area contributed by atoms with Crippen LogP contribution >= 0.6 is 0 Å². The van der Waals surface area contributed by atoms with Gasteiger partial charge in [0.2, 0.25) is 0 Å². The molecule has 1 atom stereocenters. The minimum Gasteiger partial charge on any atom is -0.480 e. The summed E-state index contributed by atoms with van der Waals surface area (Å²) in [5.41, 5.74) is 5.39. The molecule has 140 valence electrons. The summed E-state index contributed by atoms with van der Waals surface area (Å²) in [4.78, 5) is 25.7. The number of rotatable bonds is 5. The average Bonchev–Trinajstić information content (AvgIpc) is 2.41. The summed E-state index contributed by atoms with van der Waals surface area (Å²) in [7, 11) is 0. The van der Waals surface area contributed by atoms with Gasteiger partial charge in [-0.25, -0.2) is 4.79 Å². The summed E-state index contributed by atoms with van der Waals surface area (Å²) in [6.07, 6.45) is 3.01. The first-order chi connectivity index (χ1) is 11.3. The minimum absolute atomic E-state index is 0.0475. The van der Waals surface area contributed by atoms with Crippen molar-refractivity contribution in [2.75, 3.05) is 0 Å². The van der Waals surface area contributed by atoms with Gasteiger partial charge in [-0.2, -0.15) is 5.26 Å². The van der Waals surface area contributed by atoms with Gasteiger partial charge in [0.1, 0.15) is 17.7 Å². The van der Waals surface area contributed by atoms with E-state index in [1.807, 2.05) is 38.7 Å². The zero-order valence-corrected chi connectivity index (χ0v) is 16.0. The molecule has 0 aromatic heterocycles. The molecule has 0 aromatic rings. The summed E-state index contributed by atoms with van der Waals surface area (Å²) in [5, 5.41) is 21.1. The minimum atomic E-state index is -1.12. The van der Waals surface area contributed by atoms with Crippen LogP contribution in [-0.2, 0) is 9.59 Å². The van der Waals surface area contributed by atoms with Gasteiger partial charge >= 0.3 is 5.97 Å². The standard InChI is InChI=1S/C18H30N4O3/c1-11(2)14(16(24)25)21-15(23)12(9-19)10-22-17(3,4)7-13(20)8-18(22,5)6/h10-11,13-14H,7-8,20H2,1-6H3,(H,21,23)(H,24,25)/b12-10-. The Balaban J connectivity index is 3.14. The lowest BCUT2D eigenvalue weighted by atomic mass is 9.77. The van der Waals surface area contributed by atoms with E-state index in [2.05, 4.69) is 5.32 Å². The van der Waals surface area contributed by atoms with Gasteiger partial charge in [-0.3, -0.25) is 4.79 Å². The van der Waals surface area contributed by atoms with Crippen LogP contribution in [0.3, 0.4) is 0 Å². The molecular formula is C18H30N4O3. The number of carbonyl (C=O) groups is 2. The topological polar surface area (TPSA) is 119 Å². The van der Waals surface area contributed by atoms with Gasteiger partial charge < -0.3 is 21.1 Å². The lowest BCUT2D eigenvalue weighted by molar-refractivity contribution is -0.142. The summed E-state index contributed by atoms with van der Waals surface area (Å²) >= 11 is 0. The summed E-state index contributed by atoms with van der Waals surface area (Å²) in [6, 6.07) is 0.908. The largest absolute Gasteiger partial charge is 0.480 e. The van der Waals surface area contributed by atoms with Gasteiger partial charge in [0, 0.05) is 23.3 Å². The maximum atomic E-state index is 12.4. The first kappa shape index (κ1) is 21.0. The summed E-state index contributed by atoms with van der Waals surface area (Å²) in [5.74, 6) is -2.09. The fraction of sp³-hybridized carbons (Fsp3) is 0.722. The Morgan fingerprint density at radius 2 is 1.76 bits per heavy atom. The normalized spacial score (nSPS) is 21.6. The highest BCUT2D eigenvalue weighted by Gasteiger charge is 2.43. The van der Waals surface area contributed by atoms with Gasteiger partial charge in [0.05, 0.1) is 0 Å². The third-order valence-electron chi connectivity index (χ3n) is 4.67. The predicted molar refractivity (Wildman–Crippen MR) is 95.3 cm³/mol. The molecule has 1 aliphatic rings. The summed E-state index contributed by atoms with van der Waals surface area (Å²) < 4.78 is 0. The van der Waals surface area contributed by atoms with Crippen molar-refractivity contribution in [2.24, 2.45) is 11.7 Å². The number of piperidine rings is 1. The number of nitrogens with one attached hydrogen (secondary N) is 1. The molecule has 1 fully saturated rings. The lowest BCUT2D eigenvalue weighted by Crippen LogP contribution is -2.61. The van der Waals surface area contributed by atoms with E-state index in [1.54, 1.807) is 20.0 Å². The van der Waals surface area contributed by atoms with Crippen molar-refractivity contribution in [3.63, 3.8) is 0 Å². The van der Waals surface area contributed by atoms with Crippen LogP contribution in [0.2, 0.25) is 0 Å². The molecule has 7 heteroatoms. The molecule has 25 heavy (non-hydrogen) atoms. The van der Waals surface area contributed by atoms with Gasteiger partial charge in [-0.1, -0.05) is 13.8 Å². The number of likely N-dealkylation sites (tertiary alicyclic amines) is 1. The lowest BCUT2D eigenvalue weighted by Gasteiger charge is -2.54. The maximum absolute atomic E-state index is 12.4. The Morgan fingerprint density at radius 1 is 1.28 bits per heavy atom. The molecule has 1 rings (SSSR count). The van der Waals surface area contributed by atoms with E-state index in [1.165, 1.54) is 0 Å². The molecule has 4 N–H and O–H groups in total. The molecule has 0 radical (unpaired) electrons. The first-order valence-electron chi connectivity index (χ1n) is 8.52. The van der Waals surface area contributed by atoms with Crippen molar-refractivity contribution in [3.8, 4) is 6.07 Å². The van der Waals surface area contributed by atoms with Crippen molar-refractivity contribution < 1.29 is 14.7 Å². The molecule has 1 amide bonds. The van der Waals surface area contributed by atoms with E-state index in [0.29, 0.717) is 0 Å². The van der Waals surface area contributed by atoms with Crippen LogP contribution in [0.25, 0.3) is 0 Å². The Bertz CT molecular complexity index is 584. The average molecular weight is 350 g/mol. The Kier molecular flexibility index (Phi) is 6.24. The number of aliphatic carboxylic acids is 1. The molecule has 1 unspecified atom stereocenters. The second-order valence-corrected chi connectivity index (χ2v) is 8.35. The zero-order chi connectivity index (χ0) is 19.6. The van der Waals surface area contributed by atoms with Crippen molar-refractivity contribution in [1.29, 1.82) is 5.26 Å². The van der Waals surface area contributed by atoms with Crippen molar-refractivity contribution in [2.45, 2.75) is 77.5 Å². The third kappa shape index (κ3) is 4.95. The van der Waals surface area contributed by atoms with E-state index in [0.717, 1.165) is 12.8 Å². The SMILES string of the molecule is CC(C)C(NC(=O)/C(C#N)=C\N1C(C)(C)CC(N)CC1(C)C)C(=O)O. The Morgan fingerprint density at radius 3 is 2.12 bits per heavy atom. The van der Waals surface area contributed by atoms with Crippen molar-refractivity contribution >= 4 is 11.9 Å². The molecular weight excluding hydrogens is 320 g/mol. The second kappa shape index (κ2) is 7.44. The molecule has 0 spiro atoms. The first-order valence-corrected chi connectivity index (χ1v) is 8.52. The van der Waals surface area contributed by atoms with Crippen molar-refractivity contribution in [1.82, 2.24) is 10.2 Å². The number of hydrogen-bond donors (Lipinski definition) is 3. The van der Waals surface area contributed by atoms with Crippen LogP contribution in [0.1, 0.15) is 54.4 Å². The fourth-order valence-corrected chi connectivity index (χ4v) is 3.72. The third-order valence-corrected chi connectivity index (χ3v) is 4.67. The predicted octanol–water partition coefficient (Wildman–Crippen LogP) is 1.60. The molecule has 0 bridgehead atoms. The number of hydrogen-bond acceptors (Lipinski definition) is 5. The van der Waals surface area contributed by atoms with E-state index >= 15 is 0 Å². The van der Waals surface area contributed by atoms with E-state index < -0.39 is 17.9 Å². The van der Waals surface area contributed by atoms with Crippen LogP contribution in [0.4, 0.5) is 0 Å². The van der Waals surface area contributed by atoms with Crippen LogP contribution in [0.5, 0.6) is 0 Å². The Labute approximate surface area is 149 Å². The highest BCUT2D eigenvalue weighted by atomic mass is 16.4. The van der Waals surface area contributed by atoms with Crippen LogP contribution < -0.4 is 11.1 Å². The molecule has 0 saturated carbocycles. The van der Waals surface area contributed by atoms with E-state index in [4.69, 9.17) is 5.73 Å². The van der Waals surface area contributed by atoms with Gasteiger partial charge in [0.25, 0.3) is 5.91 Å². The number of carboxylic acid groups (broad SMARTS) is 1. The second-order valence-electron chi connectivity index (χ2n) is 8.35. The zero-order valence-electron chi connectivity index (χ0n) is 16.0. The molecule has 1 aliphatic heterocycles. The number of nitriles is 1. The Hall–Kier alpha value is -2.07. The molecule has 7 nitrogen and oxygen atoms in total. The quantitative estimate of drug-likeness (QED) is 0.512. The van der Waals surface area contributed by atoms with Crippen LogP contribution in [-0.4, -0.2) is 45.0 Å². The number of nitrogens with zero attached hydrogens (tertiary/aromatic N) is 2. The maximum Gasteiger partial charge on any atom is 0.326 e. The highest BCUT2D eigenvalue weighted by molar-refractivity contribution is 5.99. The van der Waals surface area contributed by atoms with Gasteiger partial charge in [0.15, 0.2) is 0 Å². The van der Waals surface area contributed by atoms with E-state index in [9.17, 15) is 20.0 Å². The number of carboxylic acids is 1. The molecule has 0 aliphatic carbocycles. The van der Waals surface area contributed by atoms with Crippen LogP contribution in [0, 0.1) is 17.2 Å². The fourth-order valence-electron chi connectivity index (χ4n) is 3.72. The number of nitrogens with two attached hydrogens (primary N) is 1.